The Kier molecular flexibility index (Phi) is 5.29. The second-order valence-electron chi connectivity index (χ2n) is 5.98. The Morgan fingerprint density at radius 3 is 2.62 bits per heavy atom. The van der Waals surface area contributed by atoms with E-state index in [2.05, 4.69) is 41.5 Å². The first-order valence-corrected chi connectivity index (χ1v) is 8.21. The van der Waals surface area contributed by atoms with Crippen LogP contribution >= 0.6 is 0 Å². The van der Waals surface area contributed by atoms with Gasteiger partial charge in [-0.3, -0.25) is 4.79 Å². The molecule has 0 fully saturated rings. The second-order valence-corrected chi connectivity index (χ2v) is 5.98. The smallest absolute Gasteiger partial charge is 0.287 e. The second kappa shape index (κ2) is 7.79. The first-order valence-electron chi connectivity index (χ1n) is 8.21. The van der Waals surface area contributed by atoms with Gasteiger partial charge in [-0.25, -0.2) is 0 Å². The van der Waals surface area contributed by atoms with Gasteiger partial charge in [-0.05, 0) is 37.7 Å². The predicted octanol–water partition coefficient (Wildman–Crippen LogP) is 3.68. The SMILES string of the molecule is CN(CCCNC(=O)c1cc2ccccc2o1)Cc1ccccc1. The van der Waals surface area contributed by atoms with E-state index in [1.165, 1.54) is 5.56 Å². The number of nitrogens with zero attached hydrogens (tertiary/aromatic N) is 1. The van der Waals surface area contributed by atoms with Crippen LogP contribution in [0.15, 0.2) is 65.1 Å². The van der Waals surface area contributed by atoms with E-state index in [1.54, 1.807) is 6.07 Å². The number of furan rings is 1. The van der Waals surface area contributed by atoms with Crippen molar-refractivity contribution >= 4 is 16.9 Å². The molecule has 2 aromatic carbocycles. The Balaban J connectivity index is 1.42. The Bertz CT molecular complexity index is 763. The average Bonchev–Trinajstić information content (AvgIpc) is 3.04. The number of carbonyl (C=O) groups is 1. The molecule has 1 heterocycles. The van der Waals surface area contributed by atoms with Crippen molar-refractivity contribution in [2.75, 3.05) is 20.1 Å². The predicted molar refractivity (Wildman–Crippen MR) is 95.9 cm³/mol. The van der Waals surface area contributed by atoms with Crippen LogP contribution in [0.5, 0.6) is 0 Å². The van der Waals surface area contributed by atoms with E-state index in [0.29, 0.717) is 12.3 Å². The molecule has 1 aromatic heterocycles. The highest BCUT2D eigenvalue weighted by atomic mass is 16.3. The van der Waals surface area contributed by atoms with Gasteiger partial charge in [0.05, 0.1) is 0 Å². The number of para-hydroxylation sites is 1. The van der Waals surface area contributed by atoms with Crippen molar-refractivity contribution in [3.05, 3.63) is 72.0 Å². The van der Waals surface area contributed by atoms with E-state index in [-0.39, 0.29) is 5.91 Å². The van der Waals surface area contributed by atoms with Gasteiger partial charge < -0.3 is 14.6 Å². The van der Waals surface area contributed by atoms with Gasteiger partial charge in [-0.15, -0.1) is 0 Å². The molecule has 0 aliphatic rings. The standard InChI is InChI=1S/C20H22N2O2/c1-22(15-16-8-3-2-4-9-16)13-7-12-21-20(23)19-14-17-10-5-6-11-18(17)24-19/h2-6,8-11,14H,7,12-13,15H2,1H3,(H,21,23). The lowest BCUT2D eigenvalue weighted by Gasteiger charge is -2.16. The van der Waals surface area contributed by atoms with Crippen molar-refractivity contribution < 1.29 is 9.21 Å². The minimum atomic E-state index is -0.156. The maximum absolute atomic E-state index is 12.1. The lowest BCUT2D eigenvalue weighted by Crippen LogP contribution is -2.27. The lowest BCUT2D eigenvalue weighted by molar-refractivity contribution is 0.0926. The van der Waals surface area contributed by atoms with Crippen molar-refractivity contribution in [1.29, 1.82) is 0 Å². The molecule has 0 radical (unpaired) electrons. The van der Waals surface area contributed by atoms with Gasteiger partial charge in [0.15, 0.2) is 5.76 Å². The maximum Gasteiger partial charge on any atom is 0.287 e. The lowest BCUT2D eigenvalue weighted by atomic mass is 10.2. The molecule has 0 bridgehead atoms. The Morgan fingerprint density at radius 2 is 1.83 bits per heavy atom. The summed E-state index contributed by atoms with van der Waals surface area (Å²) in [5, 5.41) is 3.87. The van der Waals surface area contributed by atoms with Gasteiger partial charge in [0.1, 0.15) is 5.58 Å². The minimum Gasteiger partial charge on any atom is -0.451 e. The maximum atomic E-state index is 12.1. The number of nitrogens with one attached hydrogen (secondary N) is 1. The van der Waals surface area contributed by atoms with Gasteiger partial charge in [-0.2, -0.15) is 0 Å². The van der Waals surface area contributed by atoms with Crippen LogP contribution in [-0.4, -0.2) is 30.9 Å². The highest BCUT2D eigenvalue weighted by Gasteiger charge is 2.11. The van der Waals surface area contributed by atoms with E-state index in [4.69, 9.17) is 4.42 Å². The Labute approximate surface area is 142 Å². The van der Waals surface area contributed by atoms with E-state index < -0.39 is 0 Å². The van der Waals surface area contributed by atoms with E-state index in [0.717, 1.165) is 30.5 Å². The Hall–Kier alpha value is -2.59. The molecule has 0 atom stereocenters. The molecule has 4 nitrogen and oxygen atoms in total. The molecule has 4 heteroatoms. The van der Waals surface area contributed by atoms with Gasteiger partial charge >= 0.3 is 0 Å². The number of rotatable bonds is 7. The average molecular weight is 322 g/mol. The van der Waals surface area contributed by atoms with E-state index in [9.17, 15) is 4.79 Å². The van der Waals surface area contributed by atoms with E-state index >= 15 is 0 Å². The summed E-state index contributed by atoms with van der Waals surface area (Å²) in [5.41, 5.74) is 2.04. The van der Waals surface area contributed by atoms with Crippen LogP contribution in [-0.2, 0) is 6.54 Å². The molecule has 0 saturated heterocycles. The zero-order valence-corrected chi connectivity index (χ0v) is 13.9. The molecular weight excluding hydrogens is 300 g/mol. The topological polar surface area (TPSA) is 45.5 Å². The van der Waals surface area contributed by atoms with Crippen molar-refractivity contribution in [2.45, 2.75) is 13.0 Å². The van der Waals surface area contributed by atoms with Crippen LogP contribution in [0.2, 0.25) is 0 Å². The highest BCUT2D eigenvalue weighted by molar-refractivity contribution is 5.95. The molecule has 0 aliphatic carbocycles. The molecular formula is C20H22N2O2. The number of carbonyl (C=O) groups excluding carboxylic acids is 1. The van der Waals surface area contributed by atoms with Crippen LogP contribution in [0.4, 0.5) is 0 Å². The number of hydrogen-bond acceptors (Lipinski definition) is 3. The first-order chi connectivity index (χ1) is 11.7. The molecule has 124 valence electrons. The summed E-state index contributed by atoms with van der Waals surface area (Å²) in [6.45, 7) is 2.47. The van der Waals surface area contributed by atoms with Crippen molar-refractivity contribution in [3.8, 4) is 0 Å². The van der Waals surface area contributed by atoms with Crippen molar-refractivity contribution in [2.24, 2.45) is 0 Å². The minimum absolute atomic E-state index is 0.156. The summed E-state index contributed by atoms with van der Waals surface area (Å²) in [6, 6.07) is 19.8. The summed E-state index contributed by atoms with van der Waals surface area (Å²) >= 11 is 0. The fourth-order valence-corrected chi connectivity index (χ4v) is 2.71. The zero-order valence-electron chi connectivity index (χ0n) is 13.9. The molecule has 24 heavy (non-hydrogen) atoms. The third-order valence-electron chi connectivity index (χ3n) is 3.95. The number of amides is 1. The summed E-state index contributed by atoms with van der Waals surface area (Å²) < 4.78 is 5.56. The summed E-state index contributed by atoms with van der Waals surface area (Å²) in [6.07, 6.45) is 0.898. The molecule has 1 N–H and O–H groups in total. The third-order valence-corrected chi connectivity index (χ3v) is 3.95. The zero-order chi connectivity index (χ0) is 16.8. The van der Waals surface area contributed by atoms with Crippen LogP contribution in [0.25, 0.3) is 11.0 Å². The van der Waals surface area contributed by atoms with E-state index in [1.807, 2.05) is 30.3 Å². The molecule has 3 rings (SSSR count). The first kappa shape index (κ1) is 16.3. The highest BCUT2D eigenvalue weighted by Crippen LogP contribution is 2.18. The van der Waals surface area contributed by atoms with Gasteiger partial charge in [0, 0.05) is 18.5 Å². The van der Waals surface area contributed by atoms with Crippen molar-refractivity contribution in [1.82, 2.24) is 10.2 Å². The molecule has 0 aliphatic heterocycles. The largest absolute Gasteiger partial charge is 0.451 e. The van der Waals surface area contributed by atoms with Crippen LogP contribution in [0.1, 0.15) is 22.5 Å². The van der Waals surface area contributed by atoms with Crippen LogP contribution < -0.4 is 5.32 Å². The summed E-state index contributed by atoms with van der Waals surface area (Å²) in [5.74, 6) is 0.214. The summed E-state index contributed by atoms with van der Waals surface area (Å²) in [4.78, 5) is 14.4. The van der Waals surface area contributed by atoms with Crippen LogP contribution in [0, 0.1) is 0 Å². The number of benzene rings is 2. The number of fused-ring (bicyclic) bond motifs is 1. The van der Waals surface area contributed by atoms with Gasteiger partial charge in [0.2, 0.25) is 0 Å². The third kappa shape index (κ3) is 4.24. The molecule has 0 saturated carbocycles. The fraction of sp³-hybridized carbons (Fsp3) is 0.250. The molecule has 1 amide bonds. The van der Waals surface area contributed by atoms with Gasteiger partial charge in [0.25, 0.3) is 5.91 Å². The monoisotopic (exact) mass is 322 g/mol. The normalized spacial score (nSPS) is 11.1. The molecule has 0 spiro atoms. The van der Waals surface area contributed by atoms with Crippen LogP contribution in [0.3, 0.4) is 0 Å². The molecule has 3 aromatic rings. The Morgan fingerprint density at radius 1 is 1.08 bits per heavy atom. The quantitative estimate of drug-likeness (QED) is 0.675. The van der Waals surface area contributed by atoms with Crippen molar-refractivity contribution in [3.63, 3.8) is 0 Å². The fourth-order valence-electron chi connectivity index (χ4n) is 2.71. The molecule has 0 unspecified atom stereocenters. The summed E-state index contributed by atoms with van der Waals surface area (Å²) in [7, 11) is 2.09. The number of hydrogen-bond donors (Lipinski definition) is 1. The van der Waals surface area contributed by atoms with Gasteiger partial charge in [-0.1, -0.05) is 48.5 Å².